The molecule has 1 N–H and O–H groups in total. The second kappa shape index (κ2) is 4.78. The SMILES string of the molecule is C[n+]1ccn(C2=C([O-])C(=O)N(Nc3ccccc3)C2=O)c1. The van der Waals surface area contributed by atoms with E-state index in [1.54, 1.807) is 60.7 Å². The number of aromatic nitrogens is 2. The van der Waals surface area contributed by atoms with E-state index in [4.69, 9.17) is 0 Å². The number of nitrogens with one attached hydrogen (secondary N) is 1. The molecule has 1 aliphatic heterocycles. The zero-order chi connectivity index (χ0) is 15.0. The lowest BCUT2D eigenvalue weighted by atomic mass is 10.3. The molecule has 21 heavy (non-hydrogen) atoms. The Balaban J connectivity index is 1.91. The molecule has 0 saturated heterocycles. The van der Waals surface area contributed by atoms with Crippen LogP contribution in [0.1, 0.15) is 0 Å². The van der Waals surface area contributed by atoms with Crippen LogP contribution in [0.3, 0.4) is 0 Å². The van der Waals surface area contributed by atoms with Crippen LogP contribution in [0.5, 0.6) is 0 Å². The molecule has 2 heterocycles. The third-order valence-corrected chi connectivity index (χ3v) is 3.06. The molecule has 0 spiro atoms. The third kappa shape index (κ3) is 2.14. The number of rotatable bonds is 3. The maximum atomic E-state index is 12.3. The first-order chi connectivity index (χ1) is 10.1. The molecule has 3 rings (SSSR count). The Bertz CT molecular complexity index is 749. The molecule has 2 aromatic rings. The van der Waals surface area contributed by atoms with Crippen LogP contribution in [0.4, 0.5) is 5.69 Å². The van der Waals surface area contributed by atoms with Crippen molar-refractivity contribution in [2.75, 3.05) is 5.43 Å². The average Bonchev–Trinajstić information content (AvgIpc) is 2.98. The lowest BCUT2D eigenvalue weighted by molar-refractivity contribution is -0.670. The second-order valence-electron chi connectivity index (χ2n) is 4.59. The minimum absolute atomic E-state index is 0.191. The number of amides is 2. The largest absolute Gasteiger partial charge is 0.866 e. The Hall–Kier alpha value is -3.09. The number of hydrogen-bond acceptors (Lipinski definition) is 4. The summed E-state index contributed by atoms with van der Waals surface area (Å²) in [7, 11) is 1.75. The molecule has 0 radical (unpaired) electrons. The summed E-state index contributed by atoms with van der Waals surface area (Å²) in [6, 6.07) is 8.70. The summed E-state index contributed by atoms with van der Waals surface area (Å²) >= 11 is 0. The highest BCUT2D eigenvalue weighted by atomic mass is 16.3. The van der Waals surface area contributed by atoms with Gasteiger partial charge in [0.2, 0.25) is 6.33 Å². The number of carbonyl (C=O) groups excluding carboxylic acids is 2. The fourth-order valence-electron chi connectivity index (χ4n) is 2.05. The van der Waals surface area contributed by atoms with Crippen LogP contribution >= 0.6 is 0 Å². The summed E-state index contributed by atoms with van der Waals surface area (Å²) in [5.41, 5.74) is 3.01. The predicted molar refractivity (Wildman–Crippen MR) is 70.7 cm³/mol. The van der Waals surface area contributed by atoms with Crippen LogP contribution in [0.2, 0.25) is 0 Å². The lowest BCUT2D eigenvalue weighted by Crippen LogP contribution is -2.38. The minimum Gasteiger partial charge on any atom is -0.866 e. The van der Waals surface area contributed by atoms with E-state index in [0.29, 0.717) is 5.69 Å². The number of aryl methyl sites for hydroxylation is 1. The number of imide groups is 1. The molecule has 0 unspecified atom stereocenters. The molecule has 0 aliphatic carbocycles. The van der Waals surface area contributed by atoms with E-state index >= 15 is 0 Å². The number of benzene rings is 1. The Labute approximate surface area is 120 Å². The standard InChI is InChI=1S/C14H12N4O3/c1-16-7-8-17(9-16)11-12(19)14(21)18(13(11)20)15-10-5-3-2-4-6-10/h2-9,15H,1H3. The normalized spacial score (nSPS) is 15.0. The van der Waals surface area contributed by atoms with Gasteiger partial charge >= 0.3 is 5.91 Å². The first kappa shape index (κ1) is 12.9. The molecule has 0 bridgehead atoms. The van der Waals surface area contributed by atoms with Crippen molar-refractivity contribution in [3.8, 4) is 0 Å². The summed E-state index contributed by atoms with van der Waals surface area (Å²) in [6.07, 6.45) is 4.76. The molecule has 106 valence electrons. The van der Waals surface area contributed by atoms with Crippen molar-refractivity contribution in [3.05, 3.63) is 54.8 Å². The number of imidazole rings is 1. The first-order valence-electron chi connectivity index (χ1n) is 6.23. The van der Waals surface area contributed by atoms with Gasteiger partial charge in [-0.3, -0.25) is 15.0 Å². The van der Waals surface area contributed by atoms with Crippen molar-refractivity contribution >= 4 is 23.2 Å². The van der Waals surface area contributed by atoms with E-state index in [1.807, 2.05) is 0 Å². The molecule has 1 aliphatic rings. The lowest BCUT2D eigenvalue weighted by Gasteiger charge is -2.17. The van der Waals surface area contributed by atoms with Crippen LogP contribution in [0, 0.1) is 0 Å². The highest BCUT2D eigenvalue weighted by Crippen LogP contribution is 2.21. The van der Waals surface area contributed by atoms with E-state index < -0.39 is 17.6 Å². The van der Waals surface area contributed by atoms with Crippen LogP contribution in [-0.4, -0.2) is 21.4 Å². The van der Waals surface area contributed by atoms with Crippen molar-refractivity contribution in [3.63, 3.8) is 0 Å². The molecular formula is C14H12N4O3. The molecule has 0 fully saturated rings. The molecular weight excluding hydrogens is 272 g/mol. The van der Waals surface area contributed by atoms with Crippen LogP contribution in [0.15, 0.2) is 54.8 Å². The molecule has 1 aromatic heterocycles. The molecule has 2 amide bonds. The molecule has 7 heteroatoms. The number of hydrazine groups is 1. The van der Waals surface area contributed by atoms with Gasteiger partial charge in [-0.1, -0.05) is 18.2 Å². The molecule has 7 nitrogen and oxygen atoms in total. The Morgan fingerprint density at radius 1 is 1.14 bits per heavy atom. The molecule has 0 atom stereocenters. The van der Waals surface area contributed by atoms with E-state index in [9.17, 15) is 14.7 Å². The third-order valence-electron chi connectivity index (χ3n) is 3.06. The van der Waals surface area contributed by atoms with Gasteiger partial charge in [0.05, 0.1) is 12.7 Å². The maximum Gasteiger partial charge on any atom is 0.319 e. The highest BCUT2D eigenvalue weighted by Gasteiger charge is 2.38. The van der Waals surface area contributed by atoms with Gasteiger partial charge in [-0.15, -0.1) is 0 Å². The molecule has 1 aromatic carbocycles. The summed E-state index contributed by atoms with van der Waals surface area (Å²) < 4.78 is 3.01. The van der Waals surface area contributed by atoms with Gasteiger partial charge in [0.15, 0.2) is 5.70 Å². The van der Waals surface area contributed by atoms with Crippen molar-refractivity contribution in [2.45, 2.75) is 0 Å². The van der Waals surface area contributed by atoms with E-state index in [2.05, 4.69) is 5.43 Å². The Morgan fingerprint density at radius 3 is 2.48 bits per heavy atom. The Kier molecular flexibility index (Phi) is 2.94. The quantitative estimate of drug-likeness (QED) is 0.593. The zero-order valence-corrected chi connectivity index (χ0v) is 11.2. The smallest absolute Gasteiger partial charge is 0.319 e. The van der Waals surface area contributed by atoms with Gasteiger partial charge in [-0.2, -0.15) is 9.58 Å². The number of para-hydroxylation sites is 1. The second-order valence-corrected chi connectivity index (χ2v) is 4.59. The number of carbonyl (C=O) groups is 2. The van der Waals surface area contributed by atoms with Crippen LogP contribution < -0.4 is 15.1 Å². The minimum atomic E-state index is -0.893. The van der Waals surface area contributed by atoms with Crippen LogP contribution in [0.25, 0.3) is 5.70 Å². The summed E-state index contributed by atoms with van der Waals surface area (Å²) in [5, 5.41) is 12.7. The van der Waals surface area contributed by atoms with E-state index in [1.165, 1.54) is 4.57 Å². The number of anilines is 1. The predicted octanol–water partition coefficient (Wildman–Crippen LogP) is -0.763. The monoisotopic (exact) mass is 284 g/mol. The van der Waals surface area contributed by atoms with Crippen molar-refractivity contribution in [1.82, 2.24) is 9.58 Å². The van der Waals surface area contributed by atoms with E-state index in [0.717, 1.165) is 5.01 Å². The summed E-state index contributed by atoms with van der Waals surface area (Å²) in [4.78, 5) is 24.3. The number of hydrogen-bond donors (Lipinski definition) is 1. The van der Waals surface area contributed by atoms with E-state index in [-0.39, 0.29) is 5.70 Å². The van der Waals surface area contributed by atoms with Crippen molar-refractivity contribution in [2.24, 2.45) is 7.05 Å². The Morgan fingerprint density at radius 2 is 1.86 bits per heavy atom. The van der Waals surface area contributed by atoms with Gasteiger partial charge in [0, 0.05) is 5.76 Å². The van der Waals surface area contributed by atoms with Crippen molar-refractivity contribution < 1.29 is 19.3 Å². The van der Waals surface area contributed by atoms with Gasteiger partial charge < -0.3 is 5.11 Å². The fourth-order valence-corrected chi connectivity index (χ4v) is 2.05. The van der Waals surface area contributed by atoms with Gasteiger partial charge in [-0.05, 0) is 12.1 Å². The van der Waals surface area contributed by atoms with Crippen LogP contribution in [-0.2, 0) is 16.6 Å². The topological polar surface area (TPSA) is 81.3 Å². The zero-order valence-electron chi connectivity index (χ0n) is 11.2. The summed E-state index contributed by atoms with van der Waals surface area (Å²) in [5.74, 6) is -2.40. The van der Waals surface area contributed by atoms with Gasteiger partial charge in [0.25, 0.3) is 5.91 Å². The fraction of sp³-hybridized carbons (Fsp3) is 0.0714. The number of nitrogens with zero attached hydrogens (tertiary/aromatic N) is 3. The highest BCUT2D eigenvalue weighted by molar-refractivity contribution is 6.31. The average molecular weight is 284 g/mol. The maximum absolute atomic E-state index is 12.3. The molecule has 0 saturated carbocycles. The van der Waals surface area contributed by atoms with Crippen molar-refractivity contribution in [1.29, 1.82) is 0 Å². The summed E-state index contributed by atoms with van der Waals surface area (Å²) in [6.45, 7) is 0. The van der Waals surface area contributed by atoms with Gasteiger partial charge in [-0.25, -0.2) is 4.57 Å². The first-order valence-corrected chi connectivity index (χ1v) is 6.23. The van der Waals surface area contributed by atoms with Gasteiger partial charge in [0.1, 0.15) is 12.4 Å².